The maximum Gasteiger partial charge on any atom is 0.237 e. The molecule has 5 heteroatoms. The zero-order valence-electron chi connectivity index (χ0n) is 10.9. The van der Waals surface area contributed by atoms with Crippen LogP contribution in [0.3, 0.4) is 0 Å². The topological polar surface area (TPSA) is 72.8 Å². The monoisotopic (exact) mass is 244 g/mol. The summed E-state index contributed by atoms with van der Waals surface area (Å²) < 4.78 is 0. The van der Waals surface area contributed by atoms with E-state index in [0.717, 1.165) is 19.4 Å². The van der Waals surface area contributed by atoms with Gasteiger partial charge in [0, 0.05) is 6.54 Å². The van der Waals surface area contributed by atoms with Crippen molar-refractivity contribution in [1.82, 2.24) is 10.2 Å². The van der Waals surface area contributed by atoms with Crippen LogP contribution in [0, 0.1) is 0 Å². The molecule has 1 fully saturated rings. The van der Waals surface area contributed by atoms with Crippen LogP contribution in [0.15, 0.2) is 0 Å². The van der Waals surface area contributed by atoms with Crippen molar-refractivity contribution in [2.24, 2.45) is 0 Å². The van der Waals surface area contributed by atoms with Crippen molar-refractivity contribution in [2.45, 2.75) is 50.9 Å². The minimum absolute atomic E-state index is 0.0212. The number of rotatable bonds is 5. The second-order valence-corrected chi connectivity index (χ2v) is 5.39. The van der Waals surface area contributed by atoms with Crippen LogP contribution in [-0.2, 0) is 4.79 Å². The number of likely N-dealkylation sites (N-methyl/N-ethyl adjacent to an activating group) is 1. The first-order valence-corrected chi connectivity index (χ1v) is 6.20. The molecular weight excluding hydrogens is 220 g/mol. The molecule has 1 rings (SSSR count). The van der Waals surface area contributed by atoms with Gasteiger partial charge in [0.1, 0.15) is 0 Å². The third kappa shape index (κ3) is 4.26. The third-order valence-electron chi connectivity index (χ3n) is 3.36. The molecular formula is C12H24N2O3. The minimum Gasteiger partial charge on any atom is -0.390 e. The van der Waals surface area contributed by atoms with Gasteiger partial charge in [0.15, 0.2) is 0 Å². The molecule has 0 aromatic rings. The first kappa shape index (κ1) is 14.4. The van der Waals surface area contributed by atoms with E-state index in [-0.39, 0.29) is 11.9 Å². The molecule has 2 atom stereocenters. The molecule has 0 aromatic carbocycles. The summed E-state index contributed by atoms with van der Waals surface area (Å²) in [5.41, 5.74) is -1.12. The van der Waals surface area contributed by atoms with Gasteiger partial charge >= 0.3 is 0 Å². The van der Waals surface area contributed by atoms with E-state index in [1.807, 2.05) is 11.9 Å². The number of nitrogens with one attached hydrogen (secondary N) is 1. The maximum atomic E-state index is 11.8. The van der Waals surface area contributed by atoms with Gasteiger partial charge in [-0.2, -0.15) is 0 Å². The number of carbonyl (C=O) groups is 1. The molecule has 1 heterocycles. The zero-order chi connectivity index (χ0) is 13.1. The molecule has 1 aliphatic heterocycles. The van der Waals surface area contributed by atoms with E-state index in [1.165, 1.54) is 0 Å². The summed E-state index contributed by atoms with van der Waals surface area (Å²) >= 11 is 0. The van der Waals surface area contributed by atoms with E-state index >= 15 is 0 Å². The summed E-state index contributed by atoms with van der Waals surface area (Å²) in [4.78, 5) is 13.8. The van der Waals surface area contributed by atoms with Crippen LogP contribution in [0.25, 0.3) is 0 Å². The number of hydrogen-bond donors (Lipinski definition) is 3. The Morgan fingerprint density at radius 2 is 2.24 bits per heavy atom. The fourth-order valence-electron chi connectivity index (χ4n) is 2.04. The molecule has 1 aliphatic rings. The van der Waals surface area contributed by atoms with Gasteiger partial charge in [-0.05, 0) is 46.7 Å². The number of carbonyl (C=O) groups excluding carboxylic acids is 1. The summed E-state index contributed by atoms with van der Waals surface area (Å²) in [6, 6.07) is -0.0331. The Balaban J connectivity index is 2.25. The van der Waals surface area contributed by atoms with Crippen LogP contribution in [0.1, 0.15) is 33.1 Å². The molecule has 0 bridgehead atoms. The first-order chi connectivity index (χ1) is 7.82. The Hall–Kier alpha value is -0.650. The van der Waals surface area contributed by atoms with Crippen molar-refractivity contribution in [2.75, 3.05) is 20.1 Å². The van der Waals surface area contributed by atoms with E-state index in [1.54, 1.807) is 13.8 Å². The van der Waals surface area contributed by atoms with Crippen molar-refractivity contribution in [3.8, 4) is 0 Å². The van der Waals surface area contributed by atoms with Crippen LogP contribution in [-0.4, -0.2) is 58.9 Å². The van der Waals surface area contributed by atoms with Crippen LogP contribution in [0.2, 0.25) is 0 Å². The lowest BCUT2D eigenvalue weighted by molar-refractivity contribution is -0.125. The summed E-state index contributed by atoms with van der Waals surface area (Å²) in [6.45, 7) is 4.48. The van der Waals surface area contributed by atoms with E-state index in [9.17, 15) is 15.0 Å². The third-order valence-corrected chi connectivity index (χ3v) is 3.36. The zero-order valence-corrected chi connectivity index (χ0v) is 10.9. The molecule has 17 heavy (non-hydrogen) atoms. The standard InChI is InChI=1S/C12H24N2O3/c1-12(2,17)10(15)6-7-13-11(16)9-5-4-8-14(9)3/h9-10,15,17H,4-8H2,1-3H3,(H,13,16)/t9?,10-/m0/s1. The van der Waals surface area contributed by atoms with Crippen molar-refractivity contribution in [1.29, 1.82) is 0 Å². The van der Waals surface area contributed by atoms with E-state index in [0.29, 0.717) is 13.0 Å². The van der Waals surface area contributed by atoms with Gasteiger partial charge in [-0.3, -0.25) is 9.69 Å². The maximum absolute atomic E-state index is 11.8. The van der Waals surface area contributed by atoms with Gasteiger partial charge < -0.3 is 15.5 Å². The minimum atomic E-state index is -1.12. The fourth-order valence-corrected chi connectivity index (χ4v) is 2.04. The fraction of sp³-hybridized carbons (Fsp3) is 0.917. The summed E-state index contributed by atoms with van der Waals surface area (Å²) in [7, 11) is 1.95. The normalized spacial score (nSPS) is 23.7. The number of aliphatic hydroxyl groups is 2. The smallest absolute Gasteiger partial charge is 0.237 e. The summed E-state index contributed by atoms with van der Waals surface area (Å²) in [5.74, 6) is 0.0212. The van der Waals surface area contributed by atoms with Gasteiger partial charge in [0.05, 0.1) is 17.7 Å². The molecule has 0 saturated carbocycles. The molecule has 5 nitrogen and oxygen atoms in total. The predicted octanol–water partition coefficient (Wildman–Crippen LogP) is -0.281. The largest absolute Gasteiger partial charge is 0.390 e. The average Bonchev–Trinajstić information content (AvgIpc) is 2.62. The highest BCUT2D eigenvalue weighted by Gasteiger charge is 2.28. The Kier molecular flexibility index (Phi) is 4.91. The van der Waals surface area contributed by atoms with Gasteiger partial charge in [-0.25, -0.2) is 0 Å². The Morgan fingerprint density at radius 3 is 2.71 bits per heavy atom. The first-order valence-electron chi connectivity index (χ1n) is 6.20. The molecule has 0 spiro atoms. The number of amides is 1. The van der Waals surface area contributed by atoms with Crippen molar-refractivity contribution in [3.05, 3.63) is 0 Å². The quantitative estimate of drug-likeness (QED) is 0.622. The van der Waals surface area contributed by atoms with E-state index in [2.05, 4.69) is 5.32 Å². The highest BCUT2D eigenvalue weighted by atomic mass is 16.3. The highest BCUT2D eigenvalue weighted by Crippen LogP contribution is 2.15. The highest BCUT2D eigenvalue weighted by molar-refractivity contribution is 5.81. The number of hydrogen-bond acceptors (Lipinski definition) is 4. The summed E-state index contributed by atoms with van der Waals surface area (Å²) in [5, 5.41) is 21.9. The van der Waals surface area contributed by atoms with Gasteiger partial charge in [-0.1, -0.05) is 0 Å². The lowest BCUT2D eigenvalue weighted by Gasteiger charge is -2.25. The molecule has 3 N–H and O–H groups in total. The van der Waals surface area contributed by atoms with E-state index < -0.39 is 11.7 Å². The molecule has 1 unspecified atom stereocenters. The van der Waals surface area contributed by atoms with Crippen LogP contribution >= 0.6 is 0 Å². The predicted molar refractivity (Wildman–Crippen MR) is 65.6 cm³/mol. The Labute approximate surface area is 103 Å². The van der Waals surface area contributed by atoms with Crippen LogP contribution < -0.4 is 5.32 Å². The molecule has 0 aliphatic carbocycles. The lowest BCUT2D eigenvalue weighted by Crippen LogP contribution is -2.44. The van der Waals surface area contributed by atoms with Gasteiger partial charge in [-0.15, -0.1) is 0 Å². The molecule has 0 aromatic heterocycles. The SMILES string of the molecule is CN1CCCC1C(=O)NCC[C@H](O)C(C)(C)O. The second-order valence-electron chi connectivity index (χ2n) is 5.39. The molecule has 1 amide bonds. The van der Waals surface area contributed by atoms with Crippen molar-refractivity contribution >= 4 is 5.91 Å². The lowest BCUT2D eigenvalue weighted by atomic mass is 9.99. The number of aliphatic hydroxyl groups excluding tert-OH is 1. The second kappa shape index (κ2) is 5.80. The van der Waals surface area contributed by atoms with Crippen molar-refractivity contribution < 1.29 is 15.0 Å². The van der Waals surface area contributed by atoms with E-state index in [4.69, 9.17) is 0 Å². The van der Waals surface area contributed by atoms with Gasteiger partial charge in [0.2, 0.25) is 5.91 Å². The van der Waals surface area contributed by atoms with Gasteiger partial charge in [0.25, 0.3) is 0 Å². The molecule has 100 valence electrons. The molecule has 0 radical (unpaired) electrons. The average molecular weight is 244 g/mol. The van der Waals surface area contributed by atoms with Crippen LogP contribution in [0.5, 0.6) is 0 Å². The number of nitrogens with zero attached hydrogens (tertiary/aromatic N) is 1. The van der Waals surface area contributed by atoms with Crippen molar-refractivity contribution in [3.63, 3.8) is 0 Å². The molecule has 1 saturated heterocycles. The van der Waals surface area contributed by atoms with Crippen LogP contribution in [0.4, 0.5) is 0 Å². The Morgan fingerprint density at radius 1 is 1.59 bits per heavy atom. The Bertz CT molecular complexity index is 263. The summed E-state index contributed by atoms with van der Waals surface area (Å²) in [6.07, 6.45) is 1.51. The number of likely N-dealkylation sites (tertiary alicyclic amines) is 1.